The van der Waals surface area contributed by atoms with Crippen molar-refractivity contribution in [3.63, 3.8) is 0 Å². The van der Waals surface area contributed by atoms with E-state index < -0.39 is 0 Å². The molecule has 0 aromatic heterocycles. The molecule has 0 spiro atoms. The number of hydrogen-bond acceptors (Lipinski definition) is 3. The molecule has 1 heterocycles. The summed E-state index contributed by atoms with van der Waals surface area (Å²) in [5.74, 6) is 0.226. The van der Waals surface area contributed by atoms with Crippen molar-refractivity contribution in [3.05, 3.63) is 35.4 Å². The molecule has 0 saturated heterocycles. The van der Waals surface area contributed by atoms with Gasteiger partial charge in [0.25, 0.3) is 0 Å². The summed E-state index contributed by atoms with van der Waals surface area (Å²) in [6, 6.07) is 8.49. The quantitative estimate of drug-likeness (QED) is 0.639. The first-order chi connectivity index (χ1) is 11.6. The summed E-state index contributed by atoms with van der Waals surface area (Å²) >= 11 is 0. The minimum Gasteiger partial charge on any atom is -0.393 e. The molecule has 5 heteroatoms. The maximum atomic E-state index is 11.7. The summed E-state index contributed by atoms with van der Waals surface area (Å²) in [4.78, 5) is 14.1. The van der Waals surface area contributed by atoms with Crippen LogP contribution in [-0.4, -0.2) is 48.3 Å². The van der Waals surface area contributed by atoms with Gasteiger partial charge in [-0.15, -0.1) is 0 Å². The highest BCUT2D eigenvalue weighted by molar-refractivity contribution is 5.73. The second-order valence-corrected chi connectivity index (χ2v) is 6.93. The van der Waals surface area contributed by atoms with Crippen LogP contribution in [0.2, 0.25) is 0 Å². The molecule has 134 valence electrons. The fraction of sp³-hybridized carbons (Fsp3) is 0.632. The second kappa shape index (κ2) is 9.64. The number of rotatable bonds is 8. The van der Waals surface area contributed by atoms with E-state index >= 15 is 0 Å². The zero-order valence-electron chi connectivity index (χ0n) is 14.9. The topological polar surface area (TPSA) is 64.6 Å². The maximum Gasteiger partial charge on any atom is 0.314 e. The van der Waals surface area contributed by atoms with Crippen LogP contribution in [0.25, 0.3) is 0 Å². The van der Waals surface area contributed by atoms with Gasteiger partial charge in [0.15, 0.2) is 0 Å². The molecule has 1 aromatic carbocycles. The van der Waals surface area contributed by atoms with Gasteiger partial charge in [0, 0.05) is 32.7 Å². The summed E-state index contributed by atoms with van der Waals surface area (Å²) in [5.41, 5.74) is 2.90. The molecule has 1 atom stereocenters. The predicted octanol–water partition coefficient (Wildman–Crippen LogP) is 2.14. The molecule has 24 heavy (non-hydrogen) atoms. The zero-order valence-corrected chi connectivity index (χ0v) is 14.9. The Balaban J connectivity index is 1.54. The monoisotopic (exact) mass is 333 g/mol. The Hall–Kier alpha value is -1.59. The number of aliphatic hydroxyl groups excluding tert-OH is 1. The standard InChI is InChI=1S/C19H31N3O2/c1-15(2)18(23)8-11-21-19(24)20-10-5-12-22-13-9-16-6-3-4-7-17(16)14-22/h3-4,6-7,15,18,23H,5,8-14H2,1-2H3,(H2,20,21,24). The Labute approximate surface area is 145 Å². The molecule has 0 saturated carbocycles. The van der Waals surface area contributed by atoms with Crippen LogP contribution in [0.5, 0.6) is 0 Å². The summed E-state index contributed by atoms with van der Waals surface area (Å²) < 4.78 is 0. The lowest BCUT2D eigenvalue weighted by molar-refractivity contribution is 0.116. The minimum atomic E-state index is -0.354. The molecular formula is C19H31N3O2. The number of aliphatic hydroxyl groups is 1. The SMILES string of the molecule is CC(C)C(O)CCNC(=O)NCCCN1CCc2ccccc2C1. The molecule has 1 unspecified atom stereocenters. The van der Waals surface area contributed by atoms with Crippen molar-refractivity contribution < 1.29 is 9.90 Å². The number of nitrogens with one attached hydrogen (secondary N) is 2. The summed E-state index contributed by atoms with van der Waals surface area (Å²) in [6.45, 7) is 8.24. The fourth-order valence-corrected chi connectivity index (χ4v) is 2.98. The highest BCUT2D eigenvalue weighted by atomic mass is 16.3. The van der Waals surface area contributed by atoms with Crippen molar-refractivity contribution >= 4 is 6.03 Å². The molecule has 0 aliphatic carbocycles. The Morgan fingerprint density at radius 2 is 1.92 bits per heavy atom. The molecule has 5 nitrogen and oxygen atoms in total. The molecule has 0 bridgehead atoms. The van der Waals surface area contributed by atoms with E-state index in [0.717, 1.165) is 32.5 Å². The molecule has 2 amide bonds. The van der Waals surface area contributed by atoms with Crippen LogP contribution in [0.15, 0.2) is 24.3 Å². The number of amides is 2. The highest BCUT2D eigenvalue weighted by Gasteiger charge is 2.15. The number of fused-ring (bicyclic) bond motifs is 1. The lowest BCUT2D eigenvalue weighted by Crippen LogP contribution is -2.39. The third-order valence-corrected chi connectivity index (χ3v) is 4.64. The molecule has 1 aromatic rings. The van der Waals surface area contributed by atoms with Crippen molar-refractivity contribution in [2.75, 3.05) is 26.2 Å². The number of nitrogens with zero attached hydrogens (tertiary/aromatic N) is 1. The van der Waals surface area contributed by atoms with Crippen LogP contribution in [0, 0.1) is 5.92 Å². The van der Waals surface area contributed by atoms with E-state index in [1.807, 2.05) is 13.8 Å². The van der Waals surface area contributed by atoms with Gasteiger partial charge in [-0.25, -0.2) is 4.79 Å². The van der Waals surface area contributed by atoms with Gasteiger partial charge in [-0.1, -0.05) is 38.1 Å². The number of carbonyl (C=O) groups excluding carboxylic acids is 1. The fourth-order valence-electron chi connectivity index (χ4n) is 2.98. The highest BCUT2D eigenvalue weighted by Crippen LogP contribution is 2.18. The first-order valence-corrected chi connectivity index (χ1v) is 9.05. The van der Waals surface area contributed by atoms with Gasteiger partial charge in [0.05, 0.1) is 6.10 Å². The van der Waals surface area contributed by atoms with Gasteiger partial charge < -0.3 is 15.7 Å². The molecule has 1 aliphatic heterocycles. The Kier molecular flexibility index (Phi) is 7.53. The van der Waals surface area contributed by atoms with E-state index in [9.17, 15) is 9.90 Å². The van der Waals surface area contributed by atoms with E-state index in [4.69, 9.17) is 0 Å². The Morgan fingerprint density at radius 1 is 1.21 bits per heavy atom. The Morgan fingerprint density at radius 3 is 2.67 bits per heavy atom. The first kappa shape index (κ1) is 18.7. The number of urea groups is 1. The molecule has 1 aliphatic rings. The minimum absolute atomic E-state index is 0.144. The van der Waals surface area contributed by atoms with Crippen molar-refractivity contribution in [1.82, 2.24) is 15.5 Å². The van der Waals surface area contributed by atoms with Crippen molar-refractivity contribution in [2.24, 2.45) is 5.92 Å². The predicted molar refractivity (Wildman–Crippen MR) is 96.9 cm³/mol. The van der Waals surface area contributed by atoms with Gasteiger partial charge in [-0.2, -0.15) is 0 Å². The lowest BCUT2D eigenvalue weighted by atomic mass is 10.00. The normalized spacial score (nSPS) is 15.8. The van der Waals surface area contributed by atoms with Crippen molar-refractivity contribution in [1.29, 1.82) is 0 Å². The summed E-state index contributed by atoms with van der Waals surface area (Å²) in [6.07, 6.45) is 2.30. The van der Waals surface area contributed by atoms with E-state index in [2.05, 4.69) is 39.8 Å². The third-order valence-electron chi connectivity index (χ3n) is 4.64. The Bertz CT molecular complexity index is 519. The van der Waals surface area contributed by atoms with Crippen molar-refractivity contribution in [2.45, 2.75) is 45.8 Å². The molecule has 0 radical (unpaired) electrons. The molecular weight excluding hydrogens is 302 g/mol. The van der Waals surface area contributed by atoms with Crippen LogP contribution < -0.4 is 10.6 Å². The van der Waals surface area contributed by atoms with Crippen LogP contribution in [0.3, 0.4) is 0 Å². The van der Waals surface area contributed by atoms with Gasteiger partial charge >= 0.3 is 6.03 Å². The maximum absolute atomic E-state index is 11.7. The summed E-state index contributed by atoms with van der Waals surface area (Å²) in [5, 5.41) is 15.4. The number of carbonyl (C=O) groups is 1. The smallest absolute Gasteiger partial charge is 0.314 e. The van der Waals surface area contributed by atoms with Crippen LogP contribution >= 0.6 is 0 Å². The van der Waals surface area contributed by atoms with Gasteiger partial charge in [0.1, 0.15) is 0 Å². The second-order valence-electron chi connectivity index (χ2n) is 6.93. The van der Waals surface area contributed by atoms with E-state index in [1.54, 1.807) is 0 Å². The van der Waals surface area contributed by atoms with Gasteiger partial charge in [0.2, 0.25) is 0 Å². The average molecular weight is 333 g/mol. The number of benzene rings is 1. The molecule has 2 rings (SSSR count). The first-order valence-electron chi connectivity index (χ1n) is 9.05. The van der Waals surface area contributed by atoms with E-state index in [-0.39, 0.29) is 18.1 Å². The van der Waals surface area contributed by atoms with Crippen LogP contribution in [-0.2, 0) is 13.0 Å². The zero-order chi connectivity index (χ0) is 17.4. The van der Waals surface area contributed by atoms with Gasteiger partial charge in [-0.3, -0.25) is 4.90 Å². The third kappa shape index (κ3) is 6.13. The lowest BCUT2D eigenvalue weighted by Gasteiger charge is -2.28. The average Bonchev–Trinajstić information content (AvgIpc) is 2.58. The van der Waals surface area contributed by atoms with Crippen molar-refractivity contribution in [3.8, 4) is 0 Å². The van der Waals surface area contributed by atoms with E-state index in [0.29, 0.717) is 19.5 Å². The largest absolute Gasteiger partial charge is 0.393 e. The molecule has 0 fully saturated rings. The van der Waals surface area contributed by atoms with Gasteiger partial charge in [-0.05, 0) is 36.3 Å². The number of hydrogen-bond donors (Lipinski definition) is 3. The van der Waals surface area contributed by atoms with Crippen LogP contribution in [0.1, 0.15) is 37.8 Å². The van der Waals surface area contributed by atoms with E-state index in [1.165, 1.54) is 11.1 Å². The molecule has 3 N–H and O–H groups in total. The summed E-state index contributed by atoms with van der Waals surface area (Å²) in [7, 11) is 0. The van der Waals surface area contributed by atoms with Crippen LogP contribution in [0.4, 0.5) is 4.79 Å².